The number of rotatable bonds is 12. The summed E-state index contributed by atoms with van der Waals surface area (Å²) < 4.78 is 13.3. The molecule has 0 spiro atoms. The van der Waals surface area contributed by atoms with Crippen LogP contribution in [0.3, 0.4) is 0 Å². The van der Waals surface area contributed by atoms with E-state index in [0.717, 1.165) is 30.8 Å². The third-order valence-corrected chi connectivity index (χ3v) is 5.78. The molecule has 2 amide bonds. The summed E-state index contributed by atoms with van der Waals surface area (Å²) in [5.41, 5.74) is 6.40. The second-order valence-electron chi connectivity index (χ2n) is 7.41. The second kappa shape index (κ2) is 11.7. The van der Waals surface area contributed by atoms with Crippen molar-refractivity contribution >= 4 is 23.6 Å². The number of aryl methyl sites for hydroxylation is 2. The lowest BCUT2D eigenvalue weighted by Gasteiger charge is -2.14. The van der Waals surface area contributed by atoms with Gasteiger partial charge in [0.15, 0.2) is 5.16 Å². The third-order valence-electron chi connectivity index (χ3n) is 4.81. The zero-order valence-corrected chi connectivity index (χ0v) is 18.5. The van der Waals surface area contributed by atoms with Gasteiger partial charge in [-0.3, -0.25) is 9.59 Å². The zero-order chi connectivity index (χ0) is 22.1. The highest BCUT2D eigenvalue weighted by Crippen LogP contribution is 2.22. The summed E-state index contributed by atoms with van der Waals surface area (Å²) in [6.45, 7) is 4.17. The lowest BCUT2D eigenvalue weighted by atomic mass is 10.2. The number of primary amides is 1. The highest BCUT2D eigenvalue weighted by atomic mass is 32.2. The highest BCUT2D eigenvalue weighted by Gasteiger charge is 2.21. The molecule has 0 bridgehead atoms. The Kier molecular flexibility index (Phi) is 8.72. The Morgan fingerprint density at radius 3 is 3.00 bits per heavy atom. The van der Waals surface area contributed by atoms with Crippen molar-refractivity contribution in [3.8, 4) is 5.75 Å². The molecule has 1 aliphatic heterocycles. The smallest absolute Gasteiger partial charge is 0.230 e. The Morgan fingerprint density at radius 1 is 1.39 bits per heavy atom. The van der Waals surface area contributed by atoms with Gasteiger partial charge in [-0.15, -0.1) is 10.2 Å². The first-order chi connectivity index (χ1) is 15.0. The van der Waals surface area contributed by atoms with Gasteiger partial charge in [-0.05, 0) is 37.5 Å². The van der Waals surface area contributed by atoms with E-state index in [1.807, 2.05) is 35.8 Å². The molecule has 1 aromatic heterocycles. The van der Waals surface area contributed by atoms with E-state index in [0.29, 0.717) is 37.1 Å². The van der Waals surface area contributed by atoms with Gasteiger partial charge in [-0.25, -0.2) is 0 Å². The van der Waals surface area contributed by atoms with E-state index in [4.69, 9.17) is 15.2 Å². The number of hydrogen-bond donors (Lipinski definition) is 2. The highest BCUT2D eigenvalue weighted by molar-refractivity contribution is 7.99. The van der Waals surface area contributed by atoms with Crippen LogP contribution in [0.1, 0.15) is 30.7 Å². The summed E-state index contributed by atoms with van der Waals surface area (Å²) in [6.07, 6.45) is 2.71. The van der Waals surface area contributed by atoms with Crippen LogP contribution < -0.4 is 15.8 Å². The molecule has 1 fully saturated rings. The molecule has 2 heterocycles. The lowest BCUT2D eigenvalue weighted by molar-refractivity contribution is -0.119. The standard InChI is InChI=1S/C21H29N5O4S/c1-15-4-2-5-16(12-15)30-11-9-23-20(28)14-31-21-25-24-19(8-7-18(22)27)26(21)13-17-6-3-10-29-17/h2,4-5,12,17H,3,6-11,13-14H2,1H3,(H2,22,27)(H,23,28). The largest absolute Gasteiger partial charge is 0.492 e. The lowest BCUT2D eigenvalue weighted by Crippen LogP contribution is -2.29. The Balaban J connectivity index is 1.47. The molecule has 168 valence electrons. The third kappa shape index (κ3) is 7.55. The van der Waals surface area contributed by atoms with Crippen LogP contribution in [-0.4, -0.2) is 58.2 Å². The van der Waals surface area contributed by atoms with E-state index in [9.17, 15) is 9.59 Å². The number of nitrogens with two attached hydrogens (primary N) is 1. The maximum atomic E-state index is 12.2. The number of nitrogens with one attached hydrogen (secondary N) is 1. The van der Waals surface area contributed by atoms with Crippen molar-refractivity contribution < 1.29 is 19.1 Å². The molecule has 31 heavy (non-hydrogen) atoms. The molecule has 0 radical (unpaired) electrons. The molecule has 0 aliphatic carbocycles. The SMILES string of the molecule is Cc1cccc(OCCNC(=O)CSc2nnc(CCC(N)=O)n2CC2CCCO2)c1. The molecule has 10 heteroatoms. The number of thioether (sulfide) groups is 1. The maximum Gasteiger partial charge on any atom is 0.230 e. The number of ether oxygens (including phenoxy) is 2. The molecule has 2 aromatic rings. The molecular formula is C21H29N5O4S. The van der Waals surface area contributed by atoms with Crippen molar-refractivity contribution in [3.63, 3.8) is 0 Å². The summed E-state index contributed by atoms with van der Waals surface area (Å²) in [6, 6.07) is 7.78. The van der Waals surface area contributed by atoms with Gasteiger partial charge in [-0.2, -0.15) is 0 Å². The zero-order valence-electron chi connectivity index (χ0n) is 17.7. The van der Waals surface area contributed by atoms with Crippen molar-refractivity contribution in [3.05, 3.63) is 35.7 Å². The minimum absolute atomic E-state index is 0.0928. The quantitative estimate of drug-likeness (QED) is 0.373. The number of aromatic nitrogens is 3. The number of carbonyl (C=O) groups excluding carboxylic acids is 2. The van der Waals surface area contributed by atoms with Crippen LogP contribution >= 0.6 is 11.8 Å². The van der Waals surface area contributed by atoms with Gasteiger partial charge in [0, 0.05) is 19.4 Å². The molecule has 1 aromatic carbocycles. The fraction of sp³-hybridized carbons (Fsp3) is 0.524. The van der Waals surface area contributed by atoms with Crippen LogP contribution in [0, 0.1) is 6.92 Å². The predicted octanol–water partition coefficient (Wildman–Crippen LogP) is 1.47. The molecule has 1 unspecified atom stereocenters. The number of hydrogen-bond acceptors (Lipinski definition) is 7. The molecule has 0 saturated carbocycles. The second-order valence-corrected chi connectivity index (χ2v) is 8.36. The van der Waals surface area contributed by atoms with Crippen molar-refractivity contribution in [2.75, 3.05) is 25.5 Å². The Morgan fingerprint density at radius 2 is 2.26 bits per heavy atom. The minimum Gasteiger partial charge on any atom is -0.492 e. The van der Waals surface area contributed by atoms with E-state index >= 15 is 0 Å². The van der Waals surface area contributed by atoms with Gasteiger partial charge in [-0.1, -0.05) is 23.9 Å². The molecular weight excluding hydrogens is 418 g/mol. The summed E-state index contributed by atoms with van der Waals surface area (Å²) in [4.78, 5) is 23.4. The summed E-state index contributed by atoms with van der Waals surface area (Å²) in [5, 5.41) is 11.9. The van der Waals surface area contributed by atoms with Gasteiger partial charge in [0.05, 0.1) is 24.9 Å². The molecule has 3 N–H and O–H groups in total. The van der Waals surface area contributed by atoms with Crippen molar-refractivity contribution in [2.45, 2.75) is 50.4 Å². The Labute approximate surface area is 186 Å². The van der Waals surface area contributed by atoms with E-state index in [-0.39, 0.29) is 30.1 Å². The van der Waals surface area contributed by atoms with Crippen LogP contribution in [0.5, 0.6) is 5.75 Å². The summed E-state index contributed by atoms with van der Waals surface area (Å²) in [5.74, 6) is 1.19. The molecule has 3 rings (SSSR count). The molecule has 1 aliphatic rings. The number of nitrogens with zero attached hydrogens (tertiary/aromatic N) is 3. The first-order valence-electron chi connectivity index (χ1n) is 10.4. The van der Waals surface area contributed by atoms with Gasteiger partial charge in [0.2, 0.25) is 11.8 Å². The fourth-order valence-electron chi connectivity index (χ4n) is 3.27. The first-order valence-corrected chi connectivity index (χ1v) is 11.4. The number of carbonyl (C=O) groups is 2. The van der Waals surface area contributed by atoms with Crippen LogP contribution in [0.15, 0.2) is 29.4 Å². The van der Waals surface area contributed by atoms with Gasteiger partial charge in [0.1, 0.15) is 18.2 Å². The van der Waals surface area contributed by atoms with Crippen LogP contribution in [0.4, 0.5) is 0 Å². The van der Waals surface area contributed by atoms with Crippen molar-refractivity contribution in [1.82, 2.24) is 20.1 Å². The van der Waals surface area contributed by atoms with Gasteiger partial charge < -0.3 is 25.1 Å². The predicted molar refractivity (Wildman–Crippen MR) is 117 cm³/mol. The van der Waals surface area contributed by atoms with E-state index in [1.54, 1.807) is 0 Å². The van der Waals surface area contributed by atoms with Crippen molar-refractivity contribution in [2.24, 2.45) is 5.73 Å². The first kappa shape index (κ1) is 23.1. The van der Waals surface area contributed by atoms with Crippen LogP contribution in [0.2, 0.25) is 0 Å². The average molecular weight is 448 g/mol. The van der Waals surface area contributed by atoms with Crippen LogP contribution in [-0.2, 0) is 27.3 Å². The van der Waals surface area contributed by atoms with E-state index < -0.39 is 0 Å². The Hall–Kier alpha value is -2.59. The molecule has 9 nitrogen and oxygen atoms in total. The van der Waals surface area contributed by atoms with E-state index in [2.05, 4.69) is 15.5 Å². The number of amides is 2. The monoisotopic (exact) mass is 447 g/mol. The maximum absolute atomic E-state index is 12.2. The summed E-state index contributed by atoms with van der Waals surface area (Å²) >= 11 is 1.31. The normalized spacial score (nSPS) is 15.7. The molecule has 1 saturated heterocycles. The summed E-state index contributed by atoms with van der Waals surface area (Å²) in [7, 11) is 0. The number of benzene rings is 1. The average Bonchev–Trinajstić information content (AvgIpc) is 3.39. The van der Waals surface area contributed by atoms with E-state index in [1.165, 1.54) is 11.8 Å². The molecule has 1 atom stereocenters. The van der Waals surface area contributed by atoms with Crippen LogP contribution in [0.25, 0.3) is 0 Å². The van der Waals surface area contributed by atoms with Crippen molar-refractivity contribution in [1.29, 1.82) is 0 Å². The minimum atomic E-state index is -0.381. The van der Waals surface area contributed by atoms with Gasteiger partial charge >= 0.3 is 0 Å². The Bertz CT molecular complexity index is 882. The van der Waals surface area contributed by atoms with Gasteiger partial charge in [0.25, 0.3) is 0 Å². The fourth-order valence-corrected chi connectivity index (χ4v) is 4.06. The topological polar surface area (TPSA) is 121 Å².